The number of rotatable bonds is 5. The number of carbonyl (C=O) groups excluding carboxylic acids is 1. The van der Waals surface area contributed by atoms with E-state index in [4.69, 9.17) is 0 Å². The van der Waals surface area contributed by atoms with Crippen molar-refractivity contribution in [1.29, 1.82) is 0 Å². The molecule has 140 valence electrons. The first kappa shape index (κ1) is 18.6. The minimum Gasteiger partial charge on any atom is -0.344 e. The number of benzene rings is 2. The lowest BCUT2D eigenvalue weighted by molar-refractivity contribution is -0.141. The summed E-state index contributed by atoms with van der Waals surface area (Å²) in [6.45, 7) is -0.374. The van der Waals surface area contributed by atoms with Gasteiger partial charge < -0.3 is 5.32 Å². The second kappa shape index (κ2) is 7.61. The molecule has 0 saturated carbocycles. The van der Waals surface area contributed by atoms with Crippen molar-refractivity contribution in [1.82, 2.24) is 15.1 Å². The van der Waals surface area contributed by atoms with Crippen LogP contribution in [-0.2, 0) is 17.5 Å². The molecule has 3 rings (SSSR count). The van der Waals surface area contributed by atoms with Crippen molar-refractivity contribution in [2.75, 3.05) is 0 Å². The van der Waals surface area contributed by atoms with Crippen LogP contribution < -0.4 is 5.32 Å². The zero-order valence-electron chi connectivity index (χ0n) is 13.9. The van der Waals surface area contributed by atoms with Crippen molar-refractivity contribution in [2.24, 2.45) is 0 Å². The number of carbonyl (C=O) groups is 1. The van der Waals surface area contributed by atoms with Crippen molar-refractivity contribution in [3.05, 3.63) is 89.5 Å². The summed E-state index contributed by atoms with van der Waals surface area (Å²) in [6.07, 6.45) is -3.47. The lowest BCUT2D eigenvalue weighted by Crippen LogP contribution is -2.32. The van der Waals surface area contributed by atoms with Gasteiger partial charge in [-0.25, -0.2) is 4.39 Å². The van der Waals surface area contributed by atoms with Gasteiger partial charge in [-0.2, -0.15) is 18.3 Å². The van der Waals surface area contributed by atoms with Crippen molar-refractivity contribution in [3.63, 3.8) is 0 Å². The fourth-order valence-electron chi connectivity index (χ4n) is 2.61. The molecule has 0 radical (unpaired) electrons. The van der Waals surface area contributed by atoms with Crippen LogP contribution in [0.25, 0.3) is 0 Å². The first-order valence-corrected chi connectivity index (χ1v) is 8.03. The van der Waals surface area contributed by atoms with Crippen LogP contribution in [0.15, 0.2) is 66.9 Å². The first-order valence-electron chi connectivity index (χ1n) is 8.03. The van der Waals surface area contributed by atoms with Gasteiger partial charge in [0.15, 0.2) is 5.69 Å². The third-order valence-corrected chi connectivity index (χ3v) is 3.88. The summed E-state index contributed by atoms with van der Waals surface area (Å²) in [5.41, 5.74) is 0.342. The molecule has 8 heteroatoms. The number of halogens is 4. The van der Waals surface area contributed by atoms with Gasteiger partial charge in [0.25, 0.3) is 0 Å². The predicted octanol–water partition coefficient (Wildman–Crippen LogP) is 3.95. The Hall–Kier alpha value is -3.16. The summed E-state index contributed by atoms with van der Waals surface area (Å²) in [5, 5.41) is 6.13. The van der Waals surface area contributed by atoms with Gasteiger partial charge in [-0.05, 0) is 29.3 Å². The molecule has 27 heavy (non-hydrogen) atoms. The average molecular weight is 377 g/mol. The van der Waals surface area contributed by atoms with Crippen LogP contribution in [-0.4, -0.2) is 15.7 Å². The van der Waals surface area contributed by atoms with E-state index in [1.54, 1.807) is 36.4 Å². The minimum atomic E-state index is -4.57. The molecular formula is C19H15F4N3O. The summed E-state index contributed by atoms with van der Waals surface area (Å²) >= 11 is 0. The average Bonchev–Trinajstić information content (AvgIpc) is 3.10. The molecule has 0 fully saturated rings. The summed E-state index contributed by atoms with van der Waals surface area (Å²) in [6, 6.07) is 14.9. The molecule has 1 amide bonds. The van der Waals surface area contributed by atoms with Gasteiger partial charge in [-0.15, -0.1) is 0 Å². The van der Waals surface area contributed by atoms with Crippen LogP contribution in [0.3, 0.4) is 0 Å². The minimum absolute atomic E-state index is 0.374. The van der Waals surface area contributed by atoms with E-state index in [0.717, 1.165) is 22.5 Å². The van der Waals surface area contributed by atoms with E-state index >= 15 is 0 Å². The molecule has 4 nitrogen and oxygen atoms in total. The second-order valence-electron chi connectivity index (χ2n) is 5.86. The number of nitrogens with one attached hydrogen (secondary N) is 1. The Kier molecular flexibility index (Phi) is 5.25. The Bertz CT molecular complexity index is 905. The van der Waals surface area contributed by atoms with Crippen molar-refractivity contribution < 1.29 is 22.4 Å². The fraction of sp³-hybridized carbons (Fsp3) is 0.158. The van der Waals surface area contributed by atoms with E-state index in [-0.39, 0.29) is 6.54 Å². The Morgan fingerprint density at radius 3 is 2.22 bits per heavy atom. The number of hydrogen-bond acceptors (Lipinski definition) is 2. The van der Waals surface area contributed by atoms with Crippen LogP contribution in [0.1, 0.15) is 22.9 Å². The van der Waals surface area contributed by atoms with Gasteiger partial charge in [0.2, 0.25) is 5.91 Å². The Balaban J connectivity index is 1.78. The van der Waals surface area contributed by atoms with Crippen molar-refractivity contribution in [3.8, 4) is 0 Å². The molecule has 1 N–H and O–H groups in total. The molecule has 0 aliphatic rings. The van der Waals surface area contributed by atoms with Gasteiger partial charge in [0, 0.05) is 6.20 Å². The highest BCUT2D eigenvalue weighted by molar-refractivity contribution is 5.76. The largest absolute Gasteiger partial charge is 0.435 e. The predicted molar refractivity (Wildman–Crippen MR) is 90.1 cm³/mol. The third kappa shape index (κ3) is 4.72. The van der Waals surface area contributed by atoms with Gasteiger partial charge in [0.1, 0.15) is 12.4 Å². The summed E-state index contributed by atoms with van der Waals surface area (Å²) in [5.74, 6) is -0.932. The Morgan fingerprint density at radius 2 is 1.63 bits per heavy atom. The molecule has 0 spiro atoms. The van der Waals surface area contributed by atoms with Crippen molar-refractivity contribution >= 4 is 5.91 Å². The monoisotopic (exact) mass is 377 g/mol. The maximum absolute atomic E-state index is 13.2. The molecule has 1 heterocycles. The van der Waals surface area contributed by atoms with Crippen LogP contribution >= 0.6 is 0 Å². The zero-order chi connectivity index (χ0) is 19.4. The smallest absolute Gasteiger partial charge is 0.344 e. The molecular weight excluding hydrogens is 362 g/mol. The quantitative estimate of drug-likeness (QED) is 0.685. The van der Waals surface area contributed by atoms with Crippen LogP contribution in [0.5, 0.6) is 0 Å². The standard InChI is InChI=1S/C19H15F4N3O/c20-15-8-6-14(7-9-15)18(13-4-2-1-3-5-13)24-17(27)12-26-11-10-16(25-26)19(21,22)23/h1-11,18H,12H2,(H,24,27)/t18-/m0/s1. The highest BCUT2D eigenvalue weighted by Gasteiger charge is 2.33. The number of amides is 1. The summed E-state index contributed by atoms with van der Waals surface area (Å²) in [7, 11) is 0. The van der Waals surface area contributed by atoms with E-state index in [1.807, 2.05) is 6.07 Å². The summed E-state index contributed by atoms with van der Waals surface area (Å²) < 4.78 is 52.0. The molecule has 0 saturated heterocycles. The topological polar surface area (TPSA) is 46.9 Å². The molecule has 3 aromatic rings. The van der Waals surface area contributed by atoms with E-state index in [2.05, 4.69) is 10.4 Å². The van der Waals surface area contributed by atoms with Crippen molar-refractivity contribution in [2.45, 2.75) is 18.8 Å². The molecule has 0 bridgehead atoms. The molecule has 0 aliphatic carbocycles. The van der Waals surface area contributed by atoms with Gasteiger partial charge in [-0.3, -0.25) is 9.48 Å². The van der Waals surface area contributed by atoms with Crippen LogP contribution in [0, 0.1) is 5.82 Å². The Labute approximate surface area is 152 Å². The lowest BCUT2D eigenvalue weighted by Gasteiger charge is -2.20. The number of hydrogen-bond donors (Lipinski definition) is 1. The van der Waals surface area contributed by atoms with E-state index in [0.29, 0.717) is 5.56 Å². The highest BCUT2D eigenvalue weighted by Crippen LogP contribution is 2.27. The van der Waals surface area contributed by atoms with E-state index in [1.165, 1.54) is 12.1 Å². The van der Waals surface area contributed by atoms with Gasteiger partial charge >= 0.3 is 6.18 Å². The molecule has 0 aliphatic heterocycles. The lowest BCUT2D eigenvalue weighted by atomic mass is 9.98. The van der Waals surface area contributed by atoms with E-state index < -0.39 is 29.6 Å². The molecule has 2 aromatic carbocycles. The van der Waals surface area contributed by atoms with Gasteiger partial charge in [0.05, 0.1) is 6.04 Å². The second-order valence-corrected chi connectivity index (χ2v) is 5.86. The normalized spacial score (nSPS) is 12.6. The first-order chi connectivity index (χ1) is 12.8. The van der Waals surface area contributed by atoms with Crippen LogP contribution in [0.2, 0.25) is 0 Å². The Morgan fingerprint density at radius 1 is 1.00 bits per heavy atom. The summed E-state index contributed by atoms with van der Waals surface area (Å²) in [4.78, 5) is 12.4. The molecule has 1 atom stereocenters. The van der Waals surface area contributed by atoms with E-state index in [9.17, 15) is 22.4 Å². The SMILES string of the molecule is O=C(Cn1ccc(C(F)(F)F)n1)N[C@@H](c1ccccc1)c1ccc(F)cc1. The maximum atomic E-state index is 13.2. The maximum Gasteiger partial charge on any atom is 0.435 e. The third-order valence-electron chi connectivity index (χ3n) is 3.88. The van der Waals surface area contributed by atoms with Crippen LogP contribution in [0.4, 0.5) is 17.6 Å². The highest BCUT2D eigenvalue weighted by atomic mass is 19.4. The fourth-order valence-corrected chi connectivity index (χ4v) is 2.61. The number of aromatic nitrogens is 2. The number of nitrogens with zero attached hydrogens (tertiary/aromatic N) is 2. The molecule has 0 unspecified atom stereocenters. The molecule has 1 aromatic heterocycles. The van der Waals surface area contributed by atoms with Gasteiger partial charge in [-0.1, -0.05) is 42.5 Å². The zero-order valence-corrected chi connectivity index (χ0v) is 13.9. The number of alkyl halides is 3.